The molecule has 0 aliphatic carbocycles. The Hall–Kier alpha value is -0.520. The van der Waals surface area contributed by atoms with Gasteiger partial charge in [-0.25, -0.2) is 0 Å². The van der Waals surface area contributed by atoms with E-state index in [2.05, 4.69) is 33.4 Å². The normalized spacial score (nSPS) is 14.6. The summed E-state index contributed by atoms with van der Waals surface area (Å²) in [4.78, 5) is 0. The lowest BCUT2D eigenvalue weighted by molar-refractivity contribution is 0.728. The zero-order valence-electron chi connectivity index (χ0n) is 8.06. The van der Waals surface area contributed by atoms with Crippen LogP contribution in [0.5, 0.6) is 0 Å². The molecular formula is C11H20. The van der Waals surface area contributed by atoms with Gasteiger partial charge in [-0.2, -0.15) is 0 Å². The van der Waals surface area contributed by atoms with E-state index in [0.29, 0.717) is 5.92 Å². The average Bonchev–Trinajstić information content (AvgIpc) is 1.87. The Morgan fingerprint density at radius 2 is 2.18 bits per heavy atom. The maximum Gasteiger partial charge on any atom is -0.0225 e. The second kappa shape index (κ2) is 6.21. The molecule has 0 aromatic carbocycles. The number of rotatable bonds is 5. The van der Waals surface area contributed by atoms with Crippen LogP contribution in [-0.2, 0) is 0 Å². The van der Waals surface area contributed by atoms with Crippen molar-refractivity contribution in [2.45, 2.75) is 40.0 Å². The van der Waals surface area contributed by atoms with E-state index in [-0.39, 0.29) is 0 Å². The van der Waals surface area contributed by atoms with E-state index in [4.69, 9.17) is 0 Å². The molecule has 0 nitrogen and oxygen atoms in total. The van der Waals surface area contributed by atoms with Gasteiger partial charge in [0.1, 0.15) is 0 Å². The van der Waals surface area contributed by atoms with E-state index in [1.54, 1.807) is 0 Å². The summed E-state index contributed by atoms with van der Waals surface area (Å²) < 4.78 is 0. The van der Waals surface area contributed by atoms with Gasteiger partial charge < -0.3 is 0 Å². The van der Waals surface area contributed by atoms with Gasteiger partial charge in [-0.15, -0.1) is 6.58 Å². The van der Waals surface area contributed by atoms with Crippen LogP contribution in [0.2, 0.25) is 0 Å². The smallest absolute Gasteiger partial charge is 0.0225 e. The van der Waals surface area contributed by atoms with E-state index in [1.807, 2.05) is 6.08 Å². The highest BCUT2D eigenvalue weighted by Gasteiger charge is 1.94. The summed E-state index contributed by atoms with van der Waals surface area (Å²) in [6, 6.07) is 0. The van der Waals surface area contributed by atoms with Crippen molar-refractivity contribution >= 4 is 0 Å². The molecule has 11 heavy (non-hydrogen) atoms. The Morgan fingerprint density at radius 3 is 2.64 bits per heavy atom. The molecule has 0 rings (SSSR count). The highest BCUT2D eigenvalue weighted by molar-refractivity contribution is 5.01. The van der Waals surface area contributed by atoms with Gasteiger partial charge in [0.15, 0.2) is 0 Å². The van der Waals surface area contributed by atoms with Gasteiger partial charge >= 0.3 is 0 Å². The minimum Gasteiger partial charge on any atom is -0.103 e. The van der Waals surface area contributed by atoms with Crippen LogP contribution < -0.4 is 0 Å². The SMILES string of the molecule is C=CCC(C)C=C(C)CCC. The van der Waals surface area contributed by atoms with Crippen LogP contribution in [0.15, 0.2) is 24.3 Å². The van der Waals surface area contributed by atoms with Gasteiger partial charge in [-0.3, -0.25) is 0 Å². The highest BCUT2D eigenvalue weighted by Crippen LogP contribution is 2.11. The third kappa shape index (κ3) is 5.90. The van der Waals surface area contributed by atoms with Gasteiger partial charge in [0, 0.05) is 0 Å². The summed E-state index contributed by atoms with van der Waals surface area (Å²) in [7, 11) is 0. The maximum absolute atomic E-state index is 3.72. The van der Waals surface area contributed by atoms with Gasteiger partial charge in [-0.1, -0.05) is 38.0 Å². The fraction of sp³-hybridized carbons (Fsp3) is 0.636. The maximum atomic E-state index is 3.72. The van der Waals surface area contributed by atoms with Crippen LogP contribution in [0.3, 0.4) is 0 Å². The first-order valence-electron chi connectivity index (χ1n) is 4.48. The number of hydrogen-bond acceptors (Lipinski definition) is 0. The Kier molecular flexibility index (Phi) is 5.91. The van der Waals surface area contributed by atoms with Crippen LogP contribution in [0.4, 0.5) is 0 Å². The second-order valence-electron chi connectivity index (χ2n) is 3.26. The first-order chi connectivity index (χ1) is 5.20. The summed E-state index contributed by atoms with van der Waals surface area (Å²) >= 11 is 0. The van der Waals surface area contributed by atoms with E-state index >= 15 is 0 Å². The van der Waals surface area contributed by atoms with Crippen molar-refractivity contribution in [3.63, 3.8) is 0 Å². The zero-order chi connectivity index (χ0) is 8.69. The van der Waals surface area contributed by atoms with Crippen molar-refractivity contribution in [1.82, 2.24) is 0 Å². The summed E-state index contributed by atoms with van der Waals surface area (Å²) in [6.07, 6.45) is 7.93. The first-order valence-corrected chi connectivity index (χ1v) is 4.48. The fourth-order valence-electron chi connectivity index (χ4n) is 1.29. The standard InChI is InChI=1S/C11H20/c1-5-7-10(3)9-11(4)8-6-2/h5,9-10H,1,6-8H2,2-4H3. The van der Waals surface area contributed by atoms with Crippen molar-refractivity contribution in [2.24, 2.45) is 5.92 Å². The molecule has 0 spiro atoms. The highest BCUT2D eigenvalue weighted by atomic mass is 14.0. The molecule has 0 bridgehead atoms. The molecule has 0 heteroatoms. The van der Waals surface area contributed by atoms with E-state index in [0.717, 1.165) is 6.42 Å². The van der Waals surface area contributed by atoms with Crippen LogP contribution in [-0.4, -0.2) is 0 Å². The molecule has 0 fully saturated rings. The number of hydrogen-bond donors (Lipinski definition) is 0. The predicted octanol–water partition coefficient (Wildman–Crippen LogP) is 3.95. The van der Waals surface area contributed by atoms with Crippen LogP contribution >= 0.6 is 0 Å². The van der Waals surface area contributed by atoms with Gasteiger partial charge in [0.05, 0.1) is 0 Å². The van der Waals surface area contributed by atoms with Gasteiger partial charge in [-0.05, 0) is 25.7 Å². The van der Waals surface area contributed by atoms with Gasteiger partial charge in [0.2, 0.25) is 0 Å². The lowest BCUT2D eigenvalue weighted by Crippen LogP contribution is -1.88. The molecule has 64 valence electrons. The summed E-state index contributed by atoms with van der Waals surface area (Å²) in [5.74, 6) is 0.666. The van der Waals surface area contributed by atoms with Crippen LogP contribution in [0.1, 0.15) is 40.0 Å². The molecule has 0 aliphatic heterocycles. The quantitative estimate of drug-likeness (QED) is 0.523. The topological polar surface area (TPSA) is 0 Å². The van der Waals surface area contributed by atoms with E-state index in [1.165, 1.54) is 18.4 Å². The second-order valence-corrected chi connectivity index (χ2v) is 3.26. The minimum atomic E-state index is 0.666. The molecule has 0 heterocycles. The summed E-state index contributed by atoms with van der Waals surface area (Å²) in [5, 5.41) is 0. The molecule has 0 N–H and O–H groups in total. The average molecular weight is 152 g/mol. The lowest BCUT2D eigenvalue weighted by atomic mass is 10.0. The molecule has 0 saturated carbocycles. The Balaban J connectivity index is 3.75. The lowest BCUT2D eigenvalue weighted by Gasteiger charge is -2.04. The van der Waals surface area contributed by atoms with Crippen molar-refractivity contribution in [2.75, 3.05) is 0 Å². The van der Waals surface area contributed by atoms with Gasteiger partial charge in [0.25, 0.3) is 0 Å². The Labute approximate surface area is 71.0 Å². The van der Waals surface area contributed by atoms with E-state index in [9.17, 15) is 0 Å². The zero-order valence-corrected chi connectivity index (χ0v) is 8.06. The molecule has 0 amide bonds. The van der Waals surface area contributed by atoms with Crippen LogP contribution in [0.25, 0.3) is 0 Å². The summed E-state index contributed by atoms with van der Waals surface area (Å²) in [6.45, 7) is 10.4. The third-order valence-electron chi connectivity index (χ3n) is 1.75. The fourth-order valence-corrected chi connectivity index (χ4v) is 1.29. The van der Waals surface area contributed by atoms with Crippen molar-refractivity contribution in [3.05, 3.63) is 24.3 Å². The summed E-state index contributed by atoms with van der Waals surface area (Å²) in [5.41, 5.74) is 1.52. The van der Waals surface area contributed by atoms with Crippen molar-refractivity contribution in [1.29, 1.82) is 0 Å². The molecule has 1 unspecified atom stereocenters. The molecule has 0 aliphatic rings. The first kappa shape index (κ1) is 10.5. The minimum absolute atomic E-state index is 0.666. The van der Waals surface area contributed by atoms with E-state index < -0.39 is 0 Å². The Morgan fingerprint density at radius 1 is 1.55 bits per heavy atom. The molecular weight excluding hydrogens is 132 g/mol. The predicted molar refractivity (Wildman–Crippen MR) is 52.6 cm³/mol. The Bertz CT molecular complexity index is 131. The van der Waals surface area contributed by atoms with Crippen molar-refractivity contribution < 1.29 is 0 Å². The monoisotopic (exact) mass is 152 g/mol. The van der Waals surface area contributed by atoms with Crippen LogP contribution in [0, 0.1) is 5.92 Å². The third-order valence-corrected chi connectivity index (χ3v) is 1.75. The van der Waals surface area contributed by atoms with Crippen molar-refractivity contribution in [3.8, 4) is 0 Å². The number of allylic oxidation sites excluding steroid dienone is 3. The largest absolute Gasteiger partial charge is 0.103 e. The molecule has 0 aromatic heterocycles. The molecule has 0 saturated heterocycles. The molecule has 1 atom stereocenters. The molecule has 0 radical (unpaired) electrons. The molecule has 0 aromatic rings.